The van der Waals surface area contributed by atoms with Gasteiger partial charge in [-0.3, -0.25) is 0 Å². The number of hydrogen-bond donors (Lipinski definition) is 1. The lowest BCUT2D eigenvalue weighted by Crippen LogP contribution is -2.50. The maximum absolute atomic E-state index is 12.7. The summed E-state index contributed by atoms with van der Waals surface area (Å²) in [5, 5.41) is 2.93. The lowest BCUT2D eigenvalue weighted by Gasteiger charge is -2.36. The molecule has 0 aliphatic carbocycles. The number of hydrogen-bond acceptors (Lipinski definition) is 5. The predicted octanol–water partition coefficient (Wildman–Crippen LogP) is 3.37. The Morgan fingerprint density at radius 2 is 1.46 bits per heavy atom. The first-order chi connectivity index (χ1) is 13.5. The summed E-state index contributed by atoms with van der Waals surface area (Å²) in [6.07, 6.45) is 0. The molecule has 2 aromatic carbocycles. The molecule has 0 radical (unpaired) electrons. The summed E-state index contributed by atoms with van der Waals surface area (Å²) < 4.78 is 16.0. The predicted molar refractivity (Wildman–Crippen MR) is 110 cm³/mol. The van der Waals surface area contributed by atoms with E-state index in [2.05, 4.69) is 41.4 Å². The van der Waals surface area contributed by atoms with Crippen molar-refractivity contribution in [3.05, 3.63) is 42.0 Å². The summed E-state index contributed by atoms with van der Waals surface area (Å²) in [5.41, 5.74) is 3.03. The molecule has 0 unspecified atom stereocenters. The van der Waals surface area contributed by atoms with E-state index < -0.39 is 0 Å². The Morgan fingerprint density at radius 1 is 0.893 bits per heavy atom. The van der Waals surface area contributed by atoms with Gasteiger partial charge in [-0.2, -0.15) is 0 Å². The van der Waals surface area contributed by atoms with Gasteiger partial charge in [-0.25, -0.2) is 4.79 Å². The van der Waals surface area contributed by atoms with E-state index in [0.29, 0.717) is 36.0 Å². The number of rotatable bonds is 5. The summed E-state index contributed by atoms with van der Waals surface area (Å²) in [5.74, 6) is 1.50. The van der Waals surface area contributed by atoms with Gasteiger partial charge >= 0.3 is 6.03 Å². The van der Waals surface area contributed by atoms with Crippen molar-refractivity contribution >= 4 is 17.4 Å². The van der Waals surface area contributed by atoms with Gasteiger partial charge in [0, 0.05) is 44.0 Å². The number of methoxy groups -OCH3 is 3. The van der Waals surface area contributed by atoms with Gasteiger partial charge in [0.25, 0.3) is 0 Å². The molecule has 0 bridgehead atoms. The molecular weight excluding hydrogens is 358 g/mol. The van der Waals surface area contributed by atoms with Crippen LogP contribution in [0, 0.1) is 6.92 Å². The van der Waals surface area contributed by atoms with Gasteiger partial charge in [0.15, 0.2) is 11.5 Å². The second kappa shape index (κ2) is 8.73. The Kier molecular flexibility index (Phi) is 6.13. The minimum atomic E-state index is -0.141. The van der Waals surface area contributed by atoms with E-state index in [1.54, 1.807) is 33.5 Å². The number of nitrogens with zero attached hydrogens (tertiary/aromatic N) is 2. The third kappa shape index (κ3) is 4.24. The zero-order valence-electron chi connectivity index (χ0n) is 16.8. The van der Waals surface area contributed by atoms with Crippen LogP contribution < -0.4 is 24.4 Å². The van der Waals surface area contributed by atoms with Crippen molar-refractivity contribution in [1.29, 1.82) is 0 Å². The highest BCUT2D eigenvalue weighted by atomic mass is 16.5. The highest BCUT2D eigenvalue weighted by molar-refractivity contribution is 5.90. The fourth-order valence-electron chi connectivity index (χ4n) is 3.28. The Bertz CT molecular complexity index is 790. The Labute approximate surface area is 165 Å². The van der Waals surface area contributed by atoms with E-state index in [0.717, 1.165) is 13.1 Å². The molecule has 1 heterocycles. The second-order valence-electron chi connectivity index (χ2n) is 6.65. The fourth-order valence-corrected chi connectivity index (χ4v) is 3.28. The molecule has 1 saturated heterocycles. The molecule has 7 heteroatoms. The summed E-state index contributed by atoms with van der Waals surface area (Å²) in [6.45, 7) is 4.99. The molecule has 3 rings (SSSR count). The minimum absolute atomic E-state index is 0.141. The van der Waals surface area contributed by atoms with E-state index in [4.69, 9.17) is 14.2 Å². The van der Waals surface area contributed by atoms with Crippen LogP contribution in [0.5, 0.6) is 17.2 Å². The monoisotopic (exact) mass is 385 g/mol. The molecule has 7 nitrogen and oxygen atoms in total. The molecule has 0 atom stereocenters. The topological polar surface area (TPSA) is 63.3 Å². The Hall–Kier alpha value is -3.09. The van der Waals surface area contributed by atoms with Crippen LogP contribution in [0.2, 0.25) is 0 Å². The van der Waals surface area contributed by atoms with Crippen molar-refractivity contribution in [1.82, 2.24) is 4.90 Å². The van der Waals surface area contributed by atoms with Crippen molar-refractivity contribution < 1.29 is 19.0 Å². The molecule has 0 saturated carbocycles. The Morgan fingerprint density at radius 3 is 1.96 bits per heavy atom. The molecule has 1 aliphatic heterocycles. The van der Waals surface area contributed by atoms with Crippen LogP contribution in [0.4, 0.5) is 16.2 Å². The van der Waals surface area contributed by atoms with Crippen LogP contribution in [0.25, 0.3) is 0 Å². The average Bonchev–Trinajstić information content (AvgIpc) is 2.73. The molecule has 2 amide bonds. The van der Waals surface area contributed by atoms with Gasteiger partial charge in [0.05, 0.1) is 27.0 Å². The molecule has 28 heavy (non-hydrogen) atoms. The van der Waals surface area contributed by atoms with Crippen LogP contribution in [0.1, 0.15) is 5.56 Å². The smallest absolute Gasteiger partial charge is 0.321 e. The summed E-state index contributed by atoms with van der Waals surface area (Å²) in [7, 11) is 4.65. The van der Waals surface area contributed by atoms with Gasteiger partial charge < -0.3 is 29.3 Å². The first kappa shape index (κ1) is 19.7. The first-order valence-corrected chi connectivity index (χ1v) is 9.23. The summed E-state index contributed by atoms with van der Waals surface area (Å²) >= 11 is 0. The third-order valence-corrected chi connectivity index (χ3v) is 4.88. The number of benzene rings is 2. The molecule has 1 fully saturated rings. The summed E-state index contributed by atoms with van der Waals surface area (Å²) in [6, 6.07) is 11.8. The van der Waals surface area contributed by atoms with Crippen molar-refractivity contribution in [2.75, 3.05) is 57.7 Å². The highest BCUT2D eigenvalue weighted by Gasteiger charge is 2.22. The van der Waals surface area contributed by atoms with Crippen LogP contribution in [-0.4, -0.2) is 58.4 Å². The van der Waals surface area contributed by atoms with Crippen molar-refractivity contribution in [3.63, 3.8) is 0 Å². The van der Waals surface area contributed by atoms with Gasteiger partial charge in [-0.15, -0.1) is 0 Å². The Balaban J connectivity index is 1.63. The number of anilines is 2. The maximum Gasteiger partial charge on any atom is 0.321 e. The quantitative estimate of drug-likeness (QED) is 0.855. The third-order valence-electron chi connectivity index (χ3n) is 4.88. The number of urea groups is 1. The average molecular weight is 385 g/mol. The molecule has 1 N–H and O–H groups in total. The number of piperazine rings is 1. The number of ether oxygens (including phenoxy) is 3. The molecule has 2 aromatic rings. The lowest BCUT2D eigenvalue weighted by molar-refractivity contribution is 0.208. The van der Waals surface area contributed by atoms with Crippen molar-refractivity contribution in [2.45, 2.75) is 6.92 Å². The van der Waals surface area contributed by atoms with Crippen LogP contribution in [0.3, 0.4) is 0 Å². The van der Waals surface area contributed by atoms with Gasteiger partial charge in [0.1, 0.15) is 0 Å². The van der Waals surface area contributed by atoms with Crippen molar-refractivity contribution in [3.8, 4) is 17.2 Å². The number of carbonyl (C=O) groups is 1. The normalized spacial score (nSPS) is 13.9. The van der Waals surface area contributed by atoms with E-state index >= 15 is 0 Å². The van der Waals surface area contributed by atoms with Gasteiger partial charge in [-0.05, 0) is 19.1 Å². The van der Waals surface area contributed by atoms with E-state index in [1.807, 2.05) is 4.90 Å². The van der Waals surface area contributed by atoms with Gasteiger partial charge in [0.2, 0.25) is 5.75 Å². The van der Waals surface area contributed by atoms with Crippen LogP contribution >= 0.6 is 0 Å². The minimum Gasteiger partial charge on any atom is -0.493 e. The lowest BCUT2D eigenvalue weighted by atomic mass is 10.2. The van der Waals surface area contributed by atoms with E-state index in [1.165, 1.54) is 11.3 Å². The van der Waals surface area contributed by atoms with Crippen LogP contribution in [0.15, 0.2) is 36.4 Å². The van der Waals surface area contributed by atoms with E-state index in [-0.39, 0.29) is 6.03 Å². The zero-order valence-corrected chi connectivity index (χ0v) is 16.8. The van der Waals surface area contributed by atoms with Crippen LogP contribution in [-0.2, 0) is 0 Å². The number of nitrogens with one attached hydrogen (secondary N) is 1. The molecule has 1 aliphatic rings. The zero-order chi connectivity index (χ0) is 20.1. The van der Waals surface area contributed by atoms with Crippen molar-refractivity contribution in [2.24, 2.45) is 0 Å². The number of carbonyl (C=O) groups excluding carboxylic acids is 1. The van der Waals surface area contributed by atoms with E-state index in [9.17, 15) is 4.79 Å². The second-order valence-corrected chi connectivity index (χ2v) is 6.65. The number of aryl methyl sites for hydroxylation is 1. The van der Waals surface area contributed by atoms with Gasteiger partial charge in [-0.1, -0.05) is 17.7 Å². The maximum atomic E-state index is 12.7. The first-order valence-electron chi connectivity index (χ1n) is 9.23. The fraction of sp³-hybridized carbons (Fsp3) is 0.381. The molecule has 0 aromatic heterocycles. The molecule has 150 valence electrons. The highest BCUT2D eigenvalue weighted by Crippen LogP contribution is 2.40. The molecular formula is C21H27N3O4. The molecule has 0 spiro atoms. The number of amides is 2. The summed E-state index contributed by atoms with van der Waals surface area (Å²) in [4.78, 5) is 16.8. The standard InChI is InChI=1S/C21H27N3O4/c1-15-5-7-17(8-6-15)23-9-11-24(12-10-23)21(25)22-16-13-18(26-2)20(28-4)19(14-16)27-3/h5-8,13-14H,9-12H2,1-4H3,(H,22,25). The largest absolute Gasteiger partial charge is 0.493 e. The SMILES string of the molecule is COc1cc(NC(=O)N2CCN(c3ccc(C)cc3)CC2)cc(OC)c1OC.